The first-order chi connectivity index (χ1) is 34.0. The average molecular weight is 950 g/mol. The normalized spacial score (nSPS) is 10.9. The highest BCUT2D eigenvalue weighted by atomic mass is 15.3. The Bertz CT molecular complexity index is 3120. The molecule has 9 aromatic rings. The van der Waals surface area contributed by atoms with Crippen LogP contribution in [0.2, 0.25) is 0 Å². The van der Waals surface area contributed by atoms with Gasteiger partial charge in [0.2, 0.25) is 0 Å². The molecular formula is C56H67N15. The molecule has 71 heavy (non-hydrogen) atoms. The molecule has 366 valence electrons. The fourth-order valence-corrected chi connectivity index (χ4v) is 8.12. The molecule has 9 rings (SSSR count). The molecule has 0 radical (unpaired) electrons. The maximum absolute atomic E-state index is 4.72. The molecule has 6 heterocycles. The summed E-state index contributed by atoms with van der Waals surface area (Å²) in [6.45, 7) is 22.6. The zero-order valence-corrected chi connectivity index (χ0v) is 43.5. The van der Waals surface area contributed by atoms with E-state index in [-0.39, 0.29) is 0 Å². The average Bonchev–Trinajstić information content (AvgIpc) is 4.10. The van der Waals surface area contributed by atoms with Crippen LogP contribution in [0.3, 0.4) is 0 Å². The topological polar surface area (TPSA) is 141 Å². The van der Waals surface area contributed by atoms with Crippen LogP contribution in [0.5, 0.6) is 0 Å². The first-order valence-electron chi connectivity index (χ1n) is 23.9. The molecule has 15 heteroatoms. The number of nitrogens with zero attached hydrogens (tertiary/aromatic N) is 15. The number of para-hydroxylation sites is 3. The third kappa shape index (κ3) is 13.2. The largest absolute Gasteiger partial charge is 0.355 e. The Morgan fingerprint density at radius 2 is 0.972 bits per heavy atom. The van der Waals surface area contributed by atoms with Crippen molar-refractivity contribution in [3.05, 3.63) is 196 Å². The molecule has 0 unspecified atom stereocenters. The monoisotopic (exact) mass is 950 g/mol. The van der Waals surface area contributed by atoms with E-state index in [0.29, 0.717) is 5.92 Å². The first kappa shape index (κ1) is 50.8. The minimum absolute atomic E-state index is 0.317. The second kappa shape index (κ2) is 23.0. The minimum Gasteiger partial charge on any atom is -0.355 e. The maximum Gasteiger partial charge on any atom is 0.135 e. The van der Waals surface area contributed by atoms with Crippen LogP contribution in [0.4, 0.5) is 17.5 Å². The lowest BCUT2D eigenvalue weighted by Crippen LogP contribution is -2.20. The van der Waals surface area contributed by atoms with E-state index in [1.54, 1.807) is 0 Å². The summed E-state index contributed by atoms with van der Waals surface area (Å²) in [6, 6.07) is 34.5. The second-order valence-electron chi connectivity index (χ2n) is 18.3. The van der Waals surface area contributed by atoms with Gasteiger partial charge in [0.05, 0.1) is 35.1 Å². The van der Waals surface area contributed by atoms with Crippen LogP contribution in [0, 0.1) is 55.4 Å². The van der Waals surface area contributed by atoms with Crippen LogP contribution in [0.1, 0.15) is 88.0 Å². The van der Waals surface area contributed by atoms with Crippen LogP contribution in [0.15, 0.2) is 128 Å². The molecule has 0 aliphatic rings. The van der Waals surface area contributed by atoms with Crippen molar-refractivity contribution in [1.29, 1.82) is 0 Å². The maximum atomic E-state index is 4.72. The van der Waals surface area contributed by atoms with Gasteiger partial charge in [-0.25, -0.2) is 43.9 Å². The summed E-state index contributed by atoms with van der Waals surface area (Å²) in [5.74, 6) is 5.65. The zero-order valence-electron chi connectivity index (χ0n) is 43.5. The molecular weight excluding hydrogens is 883 g/mol. The van der Waals surface area contributed by atoms with Gasteiger partial charge in [-0.3, -0.25) is 0 Å². The Morgan fingerprint density at radius 3 is 1.51 bits per heavy atom. The predicted molar refractivity (Wildman–Crippen MR) is 285 cm³/mol. The van der Waals surface area contributed by atoms with Gasteiger partial charge in [-0.2, -0.15) is 15.3 Å². The number of benzene rings is 3. The molecule has 3 aromatic carbocycles. The van der Waals surface area contributed by atoms with E-state index in [0.717, 1.165) is 117 Å². The van der Waals surface area contributed by atoms with Crippen molar-refractivity contribution in [2.24, 2.45) is 0 Å². The minimum atomic E-state index is 0.317. The van der Waals surface area contributed by atoms with Gasteiger partial charge in [0.1, 0.15) is 34.9 Å². The van der Waals surface area contributed by atoms with Gasteiger partial charge in [0.25, 0.3) is 0 Å². The van der Waals surface area contributed by atoms with Crippen LogP contribution in [-0.4, -0.2) is 80.4 Å². The van der Waals surface area contributed by atoms with Crippen molar-refractivity contribution in [1.82, 2.24) is 59.2 Å². The van der Waals surface area contributed by atoms with Crippen molar-refractivity contribution < 1.29 is 0 Å². The Hall–Kier alpha value is -8.07. The molecule has 0 aliphatic heterocycles. The summed E-state index contributed by atoms with van der Waals surface area (Å²) in [4.78, 5) is 33.5. The highest BCUT2D eigenvalue weighted by Crippen LogP contribution is 2.24. The Kier molecular flexibility index (Phi) is 16.5. The van der Waals surface area contributed by atoms with Crippen molar-refractivity contribution in [2.45, 2.75) is 94.8 Å². The summed E-state index contributed by atoms with van der Waals surface area (Å²) in [5, 5.41) is 13.6. The third-order valence-electron chi connectivity index (χ3n) is 11.9. The summed E-state index contributed by atoms with van der Waals surface area (Å²) in [6.07, 6.45) is 7.92. The fourth-order valence-electron chi connectivity index (χ4n) is 8.12. The van der Waals surface area contributed by atoms with Crippen LogP contribution >= 0.6 is 0 Å². The number of aryl methyl sites for hydroxylation is 6. The summed E-state index contributed by atoms with van der Waals surface area (Å²) >= 11 is 0. The predicted octanol–water partition coefficient (Wildman–Crippen LogP) is 10.5. The van der Waals surface area contributed by atoms with E-state index in [9.17, 15) is 0 Å². The van der Waals surface area contributed by atoms with Gasteiger partial charge >= 0.3 is 0 Å². The molecule has 0 saturated carbocycles. The lowest BCUT2D eigenvalue weighted by molar-refractivity contribution is 0.754. The highest BCUT2D eigenvalue weighted by molar-refractivity contribution is 5.48. The Balaban J connectivity index is 0.000000157. The van der Waals surface area contributed by atoms with Gasteiger partial charge in [-0.15, -0.1) is 0 Å². The van der Waals surface area contributed by atoms with Crippen molar-refractivity contribution in [3.63, 3.8) is 0 Å². The lowest BCUT2D eigenvalue weighted by atomic mass is 10.2. The first-order valence-corrected chi connectivity index (χ1v) is 23.9. The number of hydrogen-bond acceptors (Lipinski definition) is 12. The van der Waals surface area contributed by atoms with Gasteiger partial charge in [0, 0.05) is 116 Å². The van der Waals surface area contributed by atoms with E-state index in [2.05, 4.69) is 121 Å². The SMILES string of the molecule is Cc1cc(N(C)Cc2c(C)nn(-c3ccccc3)c2C)nc(C)n1.Cc1cc(N(C)Cc2cnn(-c3ccccc3)c2)nc(C(C)C)n1.Cc1nc(C)c(C)c(N(C)Cc2cnn(-c3ccccc3)c2)n1. The quantitative estimate of drug-likeness (QED) is 0.109. The van der Waals surface area contributed by atoms with E-state index < -0.39 is 0 Å². The molecule has 0 spiro atoms. The molecule has 0 fully saturated rings. The van der Waals surface area contributed by atoms with E-state index >= 15 is 0 Å². The van der Waals surface area contributed by atoms with Crippen molar-refractivity contribution in [2.75, 3.05) is 35.8 Å². The second-order valence-corrected chi connectivity index (χ2v) is 18.3. The number of aromatic nitrogens is 12. The van der Waals surface area contributed by atoms with Crippen LogP contribution < -0.4 is 14.7 Å². The number of hydrogen-bond donors (Lipinski definition) is 0. The van der Waals surface area contributed by atoms with Gasteiger partial charge < -0.3 is 14.7 Å². The number of rotatable bonds is 13. The molecule has 0 atom stereocenters. The van der Waals surface area contributed by atoms with E-state index in [1.165, 1.54) is 5.56 Å². The Morgan fingerprint density at radius 1 is 0.493 bits per heavy atom. The number of anilines is 3. The highest BCUT2D eigenvalue weighted by Gasteiger charge is 2.17. The van der Waals surface area contributed by atoms with Crippen LogP contribution in [-0.2, 0) is 19.6 Å². The van der Waals surface area contributed by atoms with Crippen molar-refractivity contribution in [3.8, 4) is 17.1 Å². The van der Waals surface area contributed by atoms with Crippen LogP contribution in [0.25, 0.3) is 17.1 Å². The molecule has 6 aromatic heterocycles. The summed E-state index contributed by atoms with van der Waals surface area (Å²) < 4.78 is 5.80. The molecule has 0 amide bonds. The Labute approximate surface area is 419 Å². The van der Waals surface area contributed by atoms with Crippen molar-refractivity contribution >= 4 is 17.5 Å². The fraction of sp³-hybridized carbons (Fsp3) is 0.304. The van der Waals surface area contributed by atoms with Gasteiger partial charge in [0.15, 0.2) is 0 Å². The molecule has 0 N–H and O–H groups in total. The van der Waals surface area contributed by atoms with Gasteiger partial charge in [-0.1, -0.05) is 68.4 Å². The standard InChI is InChI=1S/2C19H23N5.C18H21N5/c1-13-11-19(21-16(4)20-13)23(5)12-18-14(2)22-24(15(18)3)17-9-7-6-8-10-17;1-14(2)19-21-15(3)10-18(22-19)23(4)12-16-11-20-24(13-16)17-8-6-5-7-9-17;1-13-14(2)20-15(3)21-18(13)22(4)11-16-10-19-23(12-16)17-8-6-5-7-9-17/h6-11H,12H2,1-5H3;5-11,13-14H,12H2,1-4H3;5-10,12H,11H2,1-4H3. The summed E-state index contributed by atoms with van der Waals surface area (Å²) in [5.41, 5.74) is 13.1. The van der Waals surface area contributed by atoms with E-state index in [1.807, 2.05) is 166 Å². The summed E-state index contributed by atoms with van der Waals surface area (Å²) in [7, 11) is 6.15. The van der Waals surface area contributed by atoms with Gasteiger partial charge in [-0.05, 0) is 91.8 Å². The zero-order chi connectivity index (χ0) is 50.8. The molecule has 0 aliphatic carbocycles. The third-order valence-corrected chi connectivity index (χ3v) is 11.9. The smallest absolute Gasteiger partial charge is 0.135 e. The molecule has 0 saturated heterocycles. The lowest BCUT2D eigenvalue weighted by Gasteiger charge is -2.20. The van der Waals surface area contributed by atoms with E-state index in [4.69, 9.17) is 5.10 Å². The molecule has 15 nitrogen and oxygen atoms in total. The molecule has 0 bridgehead atoms.